The van der Waals surface area contributed by atoms with E-state index < -0.39 is 16.0 Å². The molecule has 0 saturated heterocycles. The normalized spacial score (nSPS) is 11.2. The molecule has 0 bridgehead atoms. The molecule has 2 aromatic carbocycles. The van der Waals surface area contributed by atoms with E-state index >= 15 is 0 Å². The number of aryl methyl sites for hydroxylation is 2. The Morgan fingerprint density at radius 3 is 2.41 bits per heavy atom. The molecule has 2 N–H and O–H groups in total. The van der Waals surface area contributed by atoms with Crippen LogP contribution in [0.1, 0.15) is 27.4 Å². The van der Waals surface area contributed by atoms with Crippen LogP contribution in [0.25, 0.3) is 0 Å². The summed E-state index contributed by atoms with van der Waals surface area (Å²) in [6.07, 6.45) is 0.615. The standard InChI is InChI=1S/C23H27N3O7S/c1-14-18(15(2)33-24-14)10-11-26(3)20-8-6-16(12-19(20)23(27)28)25-34(29,30)17-7-9-21(31-4)22(13-17)32-5/h6-9,12-13,25H,10-11H2,1-5H3,(H,27,28). The third kappa shape index (κ3) is 5.25. The van der Waals surface area contributed by atoms with E-state index in [9.17, 15) is 18.3 Å². The van der Waals surface area contributed by atoms with Crippen LogP contribution < -0.4 is 19.1 Å². The van der Waals surface area contributed by atoms with Gasteiger partial charge in [-0.1, -0.05) is 5.16 Å². The summed E-state index contributed by atoms with van der Waals surface area (Å²) in [6.45, 7) is 4.20. The zero-order valence-electron chi connectivity index (χ0n) is 19.6. The Morgan fingerprint density at radius 1 is 1.12 bits per heavy atom. The fraction of sp³-hybridized carbons (Fsp3) is 0.304. The average molecular weight is 490 g/mol. The van der Waals surface area contributed by atoms with Crippen molar-refractivity contribution in [3.8, 4) is 11.5 Å². The van der Waals surface area contributed by atoms with Crippen molar-refractivity contribution in [1.29, 1.82) is 0 Å². The second-order valence-corrected chi connectivity index (χ2v) is 9.32. The summed E-state index contributed by atoms with van der Waals surface area (Å²) >= 11 is 0. The molecule has 0 saturated carbocycles. The highest BCUT2D eigenvalue weighted by atomic mass is 32.2. The van der Waals surface area contributed by atoms with Gasteiger partial charge in [0, 0.05) is 30.9 Å². The van der Waals surface area contributed by atoms with Gasteiger partial charge in [-0.2, -0.15) is 0 Å². The van der Waals surface area contributed by atoms with Crippen LogP contribution in [0.4, 0.5) is 11.4 Å². The number of carboxylic acid groups (broad SMARTS) is 1. The van der Waals surface area contributed by atoms with Crippen molar-refractivity contribution in [2.24, 2.45) is 0 Å². The number of sulfonamides is 1. The lowest BCUT2D eigenvalue weighted by Gasteiger charge is -2.22. The summed E-state index contributed by atoms with van der Waals surface area (Å²) in [5, 5.41) is 13.7. The van der Waals surface area contributed by atoms with Crippen molar-refractivity contribution in [3.05, 3.63) is 59.0 Å². The average Bonchev–Trinajstić information content (AvgIpc) is 3.13. The minimum Gasteiger partial charge on any atom is -0.493 e. The summed E-state index contributed by atoms with van der Waals surface area (Å²) in [7, 11) is 0.620. The van der Waals surface area contributed by atoms with Crippen LogP contribution in [-0.2, 0) is 16.4 Å². The lowest BCUT2D eigenvalue weighted by molar-refractivity contribution is 0.0697. The first kappa shape index (κ1) is 24.9. The molecule has 0 atom stereocenters. The van der Waals surface area contributed by atoms with Gasteiger partial charge >= 0.3 is 5.97 Å². The van der Waals surface area contributed by atoms with Gasteiger partial charge in [0.05, 0.1) is 36.1 Å². The van der Waals surface area contributed by atoms with Crippen molar-refractivity contribution in [2.75, 3.05) is 37.4 Å². The Balaban J connectivity index is 1.84. The first-order valence-electron chi connectivity index (χ1n) is 10.3. The molecule has 3 rings (SSSR count). The van der Waals surface area contributed by atoms with E-state index in [2.05, 4.69) is 9.88 Å². The molecule has 34 heavy (non-hydrogen) atoms. The first-order chi connectivity index (χ1) is 16.1. The van der Waals surface area contributed by atoms with Crippen LogP contribution >= 0.6 is 0 Å². The van der Waals surface area contributed by atoms with Gasteiger partial charge in [-0.3, -0.25) is 4.72 Å². The lowest BCUT2D eigenvalue weighted by atomic mass is 10.1. The Bertz CT molecular complexity index is 1280. The molecule has 0 radical (unpaired) electrons. The van der Waals surface area contributed by atoms with Crippen molar-refractivity contribution in [1.82, 2.24) is 5.16 Å². The molecule has 0 spiro atoms. The number of aromatic carboxylic acids is 1. The number of hydrogen-bond donors (Lipinski definition) is 2. The number of anilines is 2. The van der Waals surface area contributed by atoms with E-state index in [0.29, 0.717) is 24.4 Å². The second kappa shape index (κ2) is 10.0. The molecule has 0 aliphatic carbocycles. The summed E-state index contributed by atoms with van der Waals surface area (Å²) < 4.78 is 43.7. The van der Waals surface area contributed by atoms with Gasteiger partial charge in [-0.05, 0) is 50.6 Å². The van der Waals surface area contributed by atoms with E-state index in [1.165, 1.54) is 44.6 Å². The van der Waals surface area contributed by atoms with Gasteiger partial charge in [0.2, 0.25) is 0 Å². The fourth-order valence-corrected chi connectivity index (χ4v) is 4.62. The zero-order valence-corrected chi connectivity index (χ0v) is 20.4. The molecule has 0 unspecified atom stereocenters. The highest BCUT2D eigenvalue weighted by molar-refractivity contribution is 7.92. The number of methoxy groups -OCH3 is 2. The molecular weight excluding hydrogens is 462 g/mol. The number of nitrogens with zero attached hydrogens (tertiary/aromatic N) is 2. The van der Waals surface area contributed by atoms with E-state index in [1.807, 2.05) is 13.8 Å². The number of ether oxygens (including phenoxy) is 2. The van der Waals surface area contributed by atoms with Crippen LogP contribution in [0.15, 0.2) is 45.8 Å². The third-order valence-electron chi connectivity index (χ3n) is 5.43. The molecule has 3 aromatic rings. The zero-order chi connectivity index (χ0) is 25.0. The summed E-state index contributed by atoms with van der Waals surface area (Å²) in [4.78, 5) is 13.7. The Labute approximate surface area is 198 Å². The molecule has 1 heterocycles. The third-order valence-corrected chi connectivity index (χ3v) is 6.81. The molecule has 0 fully saturated rings. The molecule has 1 aromatic heterocycles. The minimum absolute atomic E-state index is 0.0335. The van der Waals surface area contributed by atoms with Gasteiger partial charge < -0.3 is 24.0 Å². The predicted octanol–water partition coefficient (Wildman–Crippen LogP) is 3.49. The van der Waals surface area contributed by atoms with Gasteiger partial charge in [0.1, 0.15) is 5.76 Å². The van der Waals surface area contributed by atoms with E-state index in [4.69, 9.17) is 14.0 Å². The quantitative estimate of drug-likeness (QED) is 0.439. The summed E-state index contributed by atoms with van der Waals surface area (Å²) in [5.41, 5.74) is 2.31. The number of carbonyl (C=O) groups is 1. The number of hydrogen-bond acceptors (Lipinski definition) is 8. The molecule has 0 aliphatic rings. The van der Waals surface area contributed by atoms with Gasteiger partial charge in [-0.15, -0.1) is 0 Å². The smallest absolute Gasteiger partial charge is 0.337 e. The number of rotatable bonds is 10. The van der Waals surface area contributed by atoms with Crippen molar-refractivity contribution in [3.63, 3.8) is 0 Å². The molecule has 182 valence electrons. The Kier molecular flexibility index (Phi) is 7.35. The number of benzene rings is 2. The molecular formula is C23H27N3O7S. The van der Waals surface area contributed by atoms with Crippen molar-refractivity contribution in [2.45, 2.75) is 25.2 Å². The van der Waals surface area contributed by atoms with Gasteiger partial charge in [0.25, 0.3) is 10.0 Å². The molecule has 10 nitrogen and oxygen atoms in total. The van der Waals surface area contributed by atoms with Gasteiger partial charge in [0.15, 0.2) is 11.5 Å². The fourth-order valence-electron chi connectivity index (χ4n) is 3.56. The highest BCUT2D eigenvalue weighted by Gasteiger charge is 2.20. The number of likely N-dealkylation sites (N-methyl/N-ethyl adjacent to an activating group) is 1. The second-order valence-electron chi connectivity index (χ2n) is 7.63. The molecule has 0 amide bonds. The van der Waals surface area contributed by atoms with E-state index in [0.717, 1.165) is 17.0 Å². The monoisotopic (exact) mass is 489 g/mol. The number of nitrogens with one attached hydrogen (secondary N) is 1. The topological polar surface area (TPSA) is 131 Å². The first-order valence-corrected chi connectivity index (χ1v) is 11.8. The predicted molar refractivity (Wildman–Crippen MR) is 127 cm³/mol. The van der Waals surface area contributed by atoms with E-state index in [-0.39, 0.29) is 21.9 Å². The van der Waals surface area contributed by atoms with E-state index in [1.54, 1.807) is 18.0 Å². The summed E-state index contributed by atoms with van der Waals surface area (Å²) in [5.74, 6) is 0.195. The lowest BCUT2D eigenvalue weighted by Crippen LogP contribution is -2.23. The molecule has 0 aliphatic heterocycles. The van der Waals surface area contributed by atoms with Crippen molar-refractivity contribution < 1.29 is 32.3 Å². The van der Waals surface area contributed by atoms with Crippen molar-refractivity contribution >= 4 is 27.4 Å². The Morgan fingerprint density at radius 2 is 1.82 bits per heavy atom. The highest BCUT2D eigenvalue weighted by Crippen LogP contribution is 2.31. The Hall–Kier alpha value is -3.73. The minimum atomic E-state index is -4.01. The SMILES string of the molecule is COc1ccc(S(=O)(=O)Nc2ccc(N(C)CCc3c(C)noc3C)c(C(=O)O)c2)cc1OC. The largest absolute Gasteiger partial charge is 0.493 e. The van der Waals surface area contributed by atoms with Gasteiger partial charge in [-0.25, -0.2) is 13.2 Å². The number of carboxylic acids is 1. The maximum atomic E-state index is 12.9. The van der Waals surface area contributed by atoms with Crippen LogP contribution in [-0.4, -0.2) is 52.5 Å². The van der Waals surface area contributed by atoms with Crippen LogP contribution in [0, 0.1) is 13.8 Å². The maximum Gasteiger partial charge on any atom is 0.337 e. The van der Waals surface area contributed by atoms with Crippen LogP contribution in [0.3, 0.4) is 0 Å². The van der Waals surface area contributed by atoms with Crippen LogP contribution in [0.5, 0.6) is 11.5 Å². The maximum absolute atomic E-state index is 12.9. The number of aromatic nitrogens is 1. The van der Waals surface area contributed by atoms with Crippen LogP contribution in [0.2, 0.25) is 0 Å². The summed E-state index contributed by atoms with van der Waals surface area (Å²) in [6, 6.07) is 8.57. The molecule has 11 heteroatoms.